The minimum absolute atomic E-state index is 0.963. The molecule has 0 saturated carbocycles. The zero-order valence-corrected chi connectivity index (χ0v) is 17.8. The van der Waals surface area contributed by atoms with Crippen molar-refractivity contribution < 1.29 is 0 Å². The lowest BCUT2D eigenvalue weighted by atomic mass is 10.0. The molecule has 0 aliphatic heterocycles. The summed E-state index contributed by atoms with van der Waals surface area (Å²) < 4.78 is 7.64. The summed E-state index contributed by atoms with van der Waals surface area (Å²) in [6.07, 6.45) is 5.84. The number of aromatic nitrogens is 3. The first-order valence-corrected chi connectivity index (χ1v) is 11.8. The summed E-state index contributed by atoms with van der Waals surface area (Å²) >= 11 is 3.79. The number of imidazole rings is 1. The average molecular weight is 432 g/mol. The molecule has 5 aromatic heterocycles. The van der Waals surface area contributed by atoms with E-state index in [2.05, 4.69) is 70.2 Å². The van der Waals surface area contributed by atoms with Crippen molar-refractivity contribution in [3.05, 3.63) is 79.3 Å². The fourth-order valence-corrected chi connectivity index (χ4v) is 7.56. The van der Waals surface area contributed by atoms with E-state index >= 15 is 0 Å². The Labute approximate surface area is 183 Å². The van der Waals surface area contributed by atoms with E-state index in [9.17, 15) is 0 Å². The molecule has 0 fully saturated rings. The van der Waals surface area contributed by atoms with E-state index in [0.717, 1.165) is 16.6 Å². The minimum atomic E-state index is 0.963. The van der Waals surface area contributed by atoms with Crippen LogP contribution in [0.25, 0.3) is 67.8 Å². The molecule has 5 heteroatoms. The van der Waals surface area contributed by atoms with Crippen molar-refractivity contribution in [1.82, 2.24) is 14.4 Å². The van der Waals surface area contributed by atoms with Crippen LogP contribution in [0.3, 0.4) is 0 Å². The van der Waals surface area contributed by atoms with Crippen LogP contribution in [0.5, 0.6) is 0 Å². The lowest BCUT2D eigenvalue weighted by molar-refractivity contribution is 1.27. The van der Waals surface area contributed by atoms with Crippen molar-refractivity contribution in [2.24, 2.45) is 0 Å². The van der Waals surface area contributed by atoms with Gasteiger partial charge in [-0.15, -0.1) is 22.7 Å². The fraction of sp³-hybridized carbons (Fsp3) is 0. The molecule has 0 saturated heterocycles. The number of rotatable bonds is 0. The molecule has 0 aliphatic rings. The molecule has 0 unspecified atom stereocenters. The average Bonchev–Trinajstić information content (AvgIpc) is 3.53. The second kappa shape index (κ2) is 5.58. The molecular formula is C26H13N3S2. The molecular weight excluding hydrogens is 418 g/mol. The van der Waals surface area contributed by atoms with Gasteiger partial charge in [-0.3, -0.25) is 9.38 Å². The maximum atomic E-state index is 4.74. The minimum Gasteiger partial charge on any atom is -0.298 e. The highest BCUT2D eigenvalue weighted by Crippen LogP contribution is 2.46. The zero-order valence-electron chi connectivity index (χ0n) is 16.2. The van der Waals surface area contributed by atoms with Crippen LogP contribution >= 0.6 is 22.7 Å². The molecule has 5 heterocycles. The van der Waals surface area contributed by atoms with Crippen LogP contribution in [0, 0.1) is 0 Å². The molecule has 3 nitrogen and oxygen atoms in total. The Hall–Kier alpha value is -3.54. The second-order valence-corrected chi connectivity index (χ2v) is 9.98. The lowest BCUT2D eigenvalue weighted by Gasteiger charge is -2.09. The summed E-state index contributed by atoms with van der Waals surface area (Å²) in [6, 6.07) is 21.9. The summed E-state index contributed by atoms with van der Waals surface area (Å²) in [6.45, 7) is 0. The van der Waals surface area contributed by atoms with Gasteiger partial charge in [0.15, 0.2) is 0 Å². The van der Waals surface area contributed by atoms with Crippen LogP contribution in [0.15, 0.2) is 79.3 Å². The topological polar surface area (TPSA) is 30.2 Å². The normalized spacial score (nSPS) is 12.5. The monoisotopic (exact) mass is 431 g/mol. The smallest absolute Gasteiger partial charge is 0.146 e. The van der Waals surface area contributed by atoms with E-state index < -0.39 is 0 Å². The van der Waals surface area contributed by atoms with Crippen LogP contribution in [-0.2, 0) is 0 Å². The van der Waals surface area contributed by atoms with Gasteiger partial charge < -0.3 is 0 Å². The summed E-state index contributed by atoms with van der Waals surface area (Å²) in [5, 5.41) is 7.57. The summed E-state index contributed by atoms with van der Waals surface area (Å²) in [4.78, 5) is 9.42. The third-order valence-corrected chi connectivity index (χ3v) is 8.83. The van der Waals surface area contributed by atoms with Gasteiger partial charge in [0.05, 0.1) is 20.4 Å². The van der Waals surface area contributed by atoms with E-state index in [-0.39, 0.29) is 0 Å². The Bertz CT molecular complexity index is 2010. The second-order valence-electron chi connectivity index (χ2n) is 7.87. The predicted octanol–water partition coefficient (Wildman–Crippen LogP) is 7.77. The Morgan fingerprint density at radius 2 is 1.42 bits per heavy atom. The van der Waals surface area contributed by atoms with Gasteiger partial charge in [-0.25, -0.2) is 4.98 Å². The zero-order chi connectivity index (χ0) is 20.1. The van der Waals surface area contributed by atoms with Gasteiger partial charge in [-0.1, -0.05) is 30.3 Å². The van der Waals surface area contributed by atoms with Gasteiger partial charge in [0.25, 0.3) is 0 Å². The van der Waals surface area contributed by atoms with Crippen LogP contribution in [0.4, 0.5) is 0 Å². The third kappa shape index (κ3) is 1.93. The largest absolute Gasteiger partial charge is 0.298 e. The van der Waals surface area contributed by atoms with Crippen molar-refractivity contribution in [2.45, 2.75) is 0 Å². The van der Waals surface area contributed by atoms with Gasteiger partial charge in [0.2, 0.25) is 0 Å². The van der Waals surface area contributed by atoms with Crippen LogP contribution in [-0.4, -0.2) is 14.4 Å². The van der Waals surface area contributed by atoms with E-state index in [1.807, 2.05) is 41.1 Å². The number of hydrogen-bond acceptors (Lipinski definition) is 4. The highest BCUT2D eigenvalue weighted by atomic mass is 32.1. The van der Waals surface area contributed by atoms with Gasteiger partial charge in [0.1, 0.15) is 5.65 Å². The van der Waals surface area contributed by atoms with Crippen molar-refractivity contribution in [2.75, 3.05) is 0 Å². The maximum Gasteiger partial charge on any atom is 0.146 e. The molecule has 8 aromatic rings. The lowest BCUT2D eigenvalue weighted by Crippen LogP contribution is -1.92. The number of thiophene rings is 2. The van der Waals surface area contributed by atoms with Crippen molar-refractivity contribution in [3.8, 4) is 0 Å². The quantitative estimate of drug-likeness (QED) is 0.230. The summed E-state index contributed by atoms with van der Waals surface area (Å²) in [5.74, 6) is 0. The van der Waals surface area contributed by atoms with Gasteiger partial charge in [-0.05, 0) is 30.3 Å². The molecule has 0 bridgehead atoms. The Morgan fingerprint density at radius 3 is 2.42 bits per heavy atom. The number of hydrogen-bond donors (Lipinski definition) is 0. The van der Waals surface area contributed by atoms with Crippen LogP contribution in [0.1, 0.15) is 0 Å². The van der Waals surface area contributed by atoms with Gasteiger partial charge in [-0.2, -0.15) is 0 Å². The molecule has 31 heavy (non-hydrogen) atoms. The number of pyridine rings is 2. The molecule has 144 valence electrons. The van der Waals surface area contributed by atoms with Gasteiger partial charge >= 0.3 is 0 Å². The molecule has 0 amide bonds. The Kier molecular flexibility index (Phi) is 2.91. The highest BCUT2D eigenvalue weighted by molar-refractivity contribution is 7.33. The number of benzene rings is 3. The number of nitrogens with zero attached hydrogens (tertiary/aromatic N) is 3. The van der Waals surface area contributed by atoms with E-state index in [1.54, 1.807) is 0 Å². The molecule has 0 aliphatic carbocycles. The Balaban J connectivity index is 1.67. The summed E-state index contributed by atoms with van der Waals surface area (Å²) in [5.41, 5.74) is 3.17. The van der Waals surface area contributed by atoms with E-state index in [0.29, 0.717) is 0 Å². The molecule has 0 spiro atoms. The van der Waals surface area contributed by atoms with Crippen molar-refractivity contribution in [1.29, 1.82) is 0 Å². The third-order valence-electron chi connectivity index (χ3n) is 6.31. The highest BCUT2D eigenvalue weighted by Gasteiger charge is 2.18. The molecule has 0 radical (unpaired) electrons. The van der Waals surface area contributed by atoms with E-state index in [1.165, 1.54) is 51.2 Å². The molecule has 0 atom stereocenters. The maximum absolute atomic E-state index is 4.74. The molecule has 3 aromatic carbocycles. The van der Waals surface area contributed by atoms with Crippen molar-refractivity contribution >= 4 is 90.5 Å². The number of fused-ring (bicyclic) bond motifs is 14. The molecule has 8 rings (SSSR count). The SMILES string of the molecule is c1ccc2c(c1)sc1c2ccc2c1sc1ccc3c4ncccc4c4nccn4c3c12. The standard InChI is InChI=1S/C26H13N3S2/c1-2-6-19-14(4-1)15-7-8-16-21-20(31-25(16)24(15)30-19)10-9-17-22-18(5-3-11-27-22)26-28-12-13-29(26)23(17)21/h1-13H. The van der Waals surface area contributed by atoms with Crippen LogP contribution in [0.2, 0.25) is 0 Å². The first-order chi connectivity index (χ1) is 15.4. The fourth-order valence-electron chi connectivity index (χ4n) is 5.02. The van der Waals surface area contributed by atoms with Crippen LogP contribution < -0.4 is 0 Å². The van der Waals surface area contributed by atoms with E-state index in [4.69, 9.17) is 4.98 Å². The first-order valence-electron chi connectivity index (χ1n) is 10.2. The Morgan fingerprint density at radius 1 is 0.613 bits per heavy atom. The predicted molar refractivity (Wildman–Crippen MR) is 134 cm³/mol. The molecule has 0 N–H and O–H groups in total. The van der Waals surface area contributed by atoms with Crippen molar-refractivity contribution in [3.63, 3.8) is 0 Å². The van der Waals surface area contributed by atoms with Gasteiger partial charge in [0, 0.05) is 60.3 Å². The summed E-state index contributed by atoms with van der Waals surface area (Å²) in [7, 11) is 0. The first kappa shape index (κ1) is 16.2.